The molecule has 1 aliphatic heterocycles. The molecule has 0 saturated heterocycles. The minimum absolute atomic E-state index is 0.190. The molecule has 8 heteroatoms. The molecule has 1 atom stereocenters. The topological polar surface area (TPSA) is 73.5 Å². The van der Waals surface area contributed by atoms with Crippen LogP contribution >= 0.6 is 0 Å². The maximum atomic E-state index is 13.7. The third-order valence-corrected chi connectivity index (χ3v) is 4.99. The van der Waals surface area contributed by atoms with Gasteiger partial charge in [0.15, 0.2) is 15.9 Å². The van der Waals surface area contributed by atoms with Crippen molar-refractivity contribution in [3.63, 3.8) is 0 Å². The van der Waals surface area contributed by atoms with E-state index in [0.717, 1.165) is 23.7 Å². The molecule has 0 radical (unpaired) electrons. The number of rotatable bonds is 4. The van der Waals surface area contributed by atoms with Gasteiger partial charge in [-0.3, -0.25) is 4.68 Å². The number of sulfone groups is 1. The third-order valence-electron chi connectivity index (χ3n) is 3.88. The van der Waals surface area contributed by atoms with Crippen LogP contribution in [-0.4, -0.2) is 36.3 Å². The van der Waals surface area contributed by atoms with E-state index in [4.69, 9.17) is 4.84 Å². The van der Waals surface area contributed by atoms with Crippen LogP contribution in [0.4, 0.5) is 4.39 Å². The van der Waals surface area contributed by atoms with Crippen molar-refractivity contribution in [3.8, 4) is 0 Å². The zero-order chi connectivity index (χ0) is 17.5. The molecule has 0 aliphatic carbocycles. The van der Waals surface area contributed by atoms with Crippen LogP contribution in [0.3, 0.4) is 0 Å². The maximum Gasteiger partial charge on any atom is 0.178 e. The van der Waals surface area contributed by atoms with Gasteiger partial charge in [0.25, 0.3) is 0 Å². The Morgan fingerprint density at radius 1 is 1.33 bits per heavy atom. The van der Waals surface area contributed by atoms with E-state index < -0.39 is 15.7 Å². The van der Waals surface area contributed by atoms with Crippen LogP contribution in [0.1, 0.15) is 23.4 Å². The van der Waals surface area contributed by atoms with E-state index in [2.05, 4.69) is 10.3 Å². The molecule has 24 heavy (non-hydrogen) atoms. The molecule has 0 bridgehead atoms. The van der Waals surface area contributed by atoms with Crippen LogP contribution in [0.5, 0.6) is 0 Å². The van der Waals surface area contributed by atoms with E-state index in [1.165, 1.54) is 12.1 Å². The lowest BCUT2D eigenvalue weighted by molar-refractivity contribution is 0.0692. The van der Waals surface area contributed by atoms with Crippen molar-refractivity contribution in [1.29, 1.82) is 0 Å². The van der Waals surface area contributed by atoms with Gasteiger partial charge >= 0.3 is 0 Å². The van der Waals surface area contributed by atoms with Gasteiger partial charge in [-0.1, -0.05) is 11.2 Å². The number of nitrogens with zero attached hydrogens (tertiary/aromatic N) is 3. The van der Waals surface area contributed by atoms with Gasteiger partial charge in [-0.2, -0.15) is 5.10 Å². The highest BCUT2D eigenvalue weighted by Gasteiger charge is 2.25. The SMILES string of the molecule is Cc1cc(C)n(CC2CC(c3ccc(F)c(S(C)(=O)=O)c3)=NO2)n1. The molecular weight excluding hydrogens is 333 g/mol. The highest BCUT2D eigenvalue weighted by atomic mass is 32.2. The monoisotopic (exact) mass is 351 g/mol. The Hall–Kier alpha value is -2.22. The van der Waals surface area contributed by atoms with Crippen LogP contribution in [0.15, 0.2) is 34.3 Å². The van der Waals surface area contributed by atoms with Crippen molar-refractivity contribution in [2.45, 2.75) is 37.8 Å². The lowest BCUT2D eigenvalue weighted by Crippen LogP contribution is -2.18. The highest BCUT2D eigenvalue weighted by Crippen LogP contribution is 2.22. The van der Waals surface area contributed by atoms with Gasteiger partial charge < -0.3 is 4.84 Å². The van der Waals surface area contributed by atoms with E-state index in [0.29, 0.717) is 24.2 Å². The zero-order valence-electron chi connectivity index (χ0n) is 13.7. The number of hydrogen-bond acceptors (Lipinski definition) is 5. The Bertz CT molecular complexity index is 919. The summed E-state index contributed by atoms with van der Waals surface area (Å²) in [5.74, 6) is -0.764. The second kappa shape index (κ2) is 6.01. The Morgan fingerprint density at radius 3 is 2.71 bits per heavy atom. The molecule has 1 aliphatic rings. The fourth-order valence-corrected chi connectivity index (χ4v) is 3.48. The van der Waals surface area contributed by atoms with Crippen LogP contribution in [0.2, 0.25) is 0 Å². The molecular formula is C16H18FN3O3S. The molecule has 3 rings (SSSR count). The summed E-state index contributed by atoms with van der Waals surface area (Å²) in [6.07, 6.45) is 1.30. The fraction of sp³-hybridized carbons (Fsp3) is 0.375. The van der Waals surface area contributed by atoms with Crippen LogP contribution < -0.4 is 0 Å². The normalized spacial score (nSPS) is 17.7. The molecule has 2 heterocycles. The van der Waals surface area contributed by atoms with Gasteiger partial charge in [0.1, 0.15) is 10.7 Å². The predicted octanol–water partition coefficient (Wildman–Crippen LogP) is 2.24. The molecule has 1 unspecified atom stereocenters. The summed E-state index contributed by atoms with van der Waals surface area (Å²) < 4.78 is 38.8. The molecule has 0 fully saturated rings. The lowest BCUT2D eigenvalue weighted by Gasteiger charge is -2.10. The number of oxime groups is 1. The first kappa shape index (κ1) is 16.6. The lowest BCUT2D eigenvalue weighted by atomic mass is 10.0. The predicted molar refractivity (Wildman–Crippen MR) is 87.2 cm³/mol. The number of aromatic nitrogens is 2. The summed E-state index contributed by atoms with van der Waals surface area (Å²) >= 11 is 0. The van der Waals surface area contributed by atoms with Gasteiger partial charge in [0, 0.05) is 23.9 Å². The average molecular weight is 351 g/mol. The Kier molecular flexibility index (Phi) is 4.16. The summed E-state index contributed by atoms with van der Waals surface area (Å²) in [5, 5.41) is 8.42. The van der Waals surface area contributed by atoms with Crippen molar-refractivity contribution in [2.24, 2.45) is 5.16 Å². The fourth-order valence-electron chi connectivity index (χ4n) is 2.72. The standard InChI is InChI=1S/C16H18FN3O3S/c1-10-6-11(2)20(18-10)9-13-8-15(19-23-13)12-4-5-14(17)16(7-12)24(3,21)22/h4-7,13H,8-9H2,1-3H3. The van der Waals surface area contributed by atoms with Crippen molar-refractivity contribution >= 4 is 15.5 Å². The Balaban J connectivity index is 1.77. The third kappa shape index (κ3) is 3.33. The van der Waals surface area contributed by atoms with Gasteiger partial charge in [-0.25, -0.2) is 12.8 Å². The Morgan fingerprint density at radius 2 is 2.08 bits per heavy atom. The first-order chi connectivity index (χ1) is 11.2. The van der Waals surface area contributed by atoms with Gasteiger partial charge in [-0.15, -0.1) is 0 Å². The van der Waals surface area contributed by atoms with Gasteiger partial charge in [-0.05, 0) is 32.0 Å². The minimum Gasteiger partial charge on any atom is -0.390 e. The summed E-state index contributed by atoms with van der Waals surface area (Å²) in [5.41, 5.74) is 3.12. The van der Waals surface area contributed by atoms with Crippen molar-refractivity contribution in [1.82, 2.24) is 9.78 Å². The maximum absolute atomic E-state index is 13.7. The summed E-state index contributed by atoms with van der Waals surface area (Å²) in [6, 6.07) is 5.94. The van der Waals surface area contributed by atoms with Crippen LogP contribution in [0, 0.1) is 19.7 Å². The molecule has 128 valence electrons. The summed E-state index contributed by atoms with van der Waals surface area (Å²) in [4.78, 5) is 5.10. The van der Waals surface area contributed by atoms with E-state index in [1.807, 2.05) is 24.6 Å². The second-order valence-corrected chi connectivity index (χ2v) is 7.98. The summed E-state index contributed by atoms with van der Waals surface area (Å²) in [6.45, 7) is 4.44. The van der Waals surface area contributed by atoms with Crippen molar-refractivity contribution in [3.05, 3.63) is 47.0 Å². The van der Waals surface area contributed by atoms with Crippen LogP contribution in [-0.2, 0) is 21.2 Å². The smallest absolute Gasteiger partial charge is 0.178 e. The molecule has 1 aromatic carbocycles. The molecule has 0 N–H and O–H groups in total. The molecule has 0 amide bonds. The summed E-state index contributed by atoms with van der Waals surface area (Å²) in [7, 11) is -3.64. The van der Waals surface area contributed by atoms with Gasteiger partial charge in [0.05, 0.1) is 18.0 Å². The molecule has 1 aromatic heterocycles. The minimum atomic E-state index is -3.64. The van der Waals surface area contributed by atoms with Crippen LogP contribution in [0.25, 0.3) is 0 Å². The van der Waals surface area contributed by atoms with Crippen molar-refractivity contribution < 1.29 is 17.6 Å². The average Bonchev–Trinajstić information content (AvgIpc) is 3.06. The van der Waals surface area contributed by atoms with E-state index >= 15 is 0 Å². The molecule has 0 saturated carbocycles. The first-order valence-corrected chi connectivity index (χ1v) is 9.37. The number of hydrogen-bond donors (Lipinski definition) is 0. The van der Waals surface area contributed by atoms with Gasteiger partial charge in [0.2, 0.25) is 0 Å². The second-order valence-electron chi connectivity index (χ2n) is 6.00. The Labute approximate surface area is 139 Å². The first-order valence-electron chi connectivity index (χ1n) is 7.48. The highest BCUT2D eigenvalue weighted by molar-refractivity contribution is 7.90. The quantitative estimate of drug-likeness (QED) is 0.847. The van der Waals surface area contributed by atoms with Crippen molar-refractivity contribution in [2.75, 3.05) is 6.26 Å². The van der Waals surface area contributed by atoms with E-state index in [1.54, 1.807) is 0 Å². The number of benzene rings is 1. The number of halogens is 1. The molecule has 6 nitrogen and oxygen atoms in total. The zero-order valence-corrected chi connectivity index (χ0v) is 14.5. The van der Waals surface area contributed by atoms with E-state index in [-0.39, 0.29) is 11.0 Å². The molecule has 2 aromatic rings. The largest absolute Gasteiger partial charge is 0.390 e. The van der Waals surface area contributed by atoms with E-state index in [9.17, 15) is 12.8 Å². The molecule has 0 spiro atoms. The number of aryl methyl sites for hydroxylation is 2.